The zero-order valence-corrected chi connectivity index (χ0v) is 10.2. The van der Waals surface area contributed by atoms with Gasteiger partial charge in [-0.2, -0.15) is 4.98 Å². The Morgan fingerprint density at radius 1 is 1.35 bits per heavy atom. The normalized spacial score (nSPS) is 24.3. The SMILES string of the molecule is CN[C@@H]1CCN(c2cc(C3CC3)nc(N)n2)C1. The minimum atomic E-state index is 0.414. The van der Waals surface area contributed by atoms with Crippen molar-refractivity contribution in [2.75, 3.05) is 30.8 Å². The second-order valence-corrected chi connectivity index (χ2v) is 5.00. The molecule has 0 aromatic carbocycles. The van der Waals surface area contributed by atoms with E-state index in [0.29, 0.717) is 17.9 Å². The standard InChI is InChI=1S/C12H19N5/c1-14-9-4-5-17(7-9)11-6-10(8-2-3-8)15-12(13)16-11/h6,8-9,14H,2-5,7H2,1H3,(H2,13,15,16)/t9-/m1/s1. The van der Waals surface area contributed by atoms with Crippen LogP contribution in [0.5, 0.6) is 0 Å². The van der Waals surface area contributed by atoms with Crippen LogP contribution in [0.2, 0.25) is 0 Å². The van der Waals surface area contributed by atoms with E-state index in [2.05, 4.69) is 26.3 Å². The molecule has 2 aliphatic rings. The molecule has 0 unspecified atom stereocenters. The molecule has 5 heteroatoms. The Balaban J connectivity index is 1.82. The Morgan fingerprint density at radius 2 is 2.18 bits per heavy atom. The largest absolute Gasteiger partial charge is 0.368 e. The van der Waals surface area contributed by atoms with E-state index >= 15 is 0 Å². The van der Waals surface area contributed by atoms with Crippen molar-refractivity contribution in [1.29, 1.82) is 0 Å². The molecule has 3 rings (SSSR count). The van der Waals surface area contributed by atoms with Crippen molar-refractivity contribution in [1.82, 2.24) is 15.3 Å². The fourth-order valence-corrected chi connectivity index (χ4v) is 2.43. The van der Waals surface area contributed by atoms with Gasteiger partial charge in [-0.15, -0.1) is 0 Å². The van der Waals surface area contributed by atoms with Crippen LogP contribution in [0, 0.1) is 0 Å². The second-order valence-electron chi connectivity index (χ2n) is 5.00. The summed E-state index contributed by atoms with van der Waals surface area (Å²) in [7, 11) is 2.01. The molecule has 1 aliphatic heterocycles. The summed E-state index contributed by atoms with van der Waals surface area (Å²) >= 11 is 0. The number of nitrogens with one attached hydrogen (secondary N) is 1. The number of aromatic nitrogens is 2. The maximum Gasteiger partial charge on any atom is 0.222 e. The Morgan fingerprint density at radius 3 is 2.82 bits per heavy atom. The molecule has 0 amide bonds. The number of nitrogens with zero attached hydrogens (tertiary/aromatic N) is 3. The van der Waals surface area contributed by atoms with Gasteiger partial charge in [0.1, 0.15) is 5.82 Å². The van der Waals surface area contributed by atoms with Crippen molar-refractivity contribution in [2.24, 2.45) is 0 Å². The first-order chi connectivity index (χ1) is 8.26. The summed E-state index contributed by atoms with van der Waals surface area (Å²) in [5.74, 6) is 2.04. The fraction of sp³-hybridized carbons (Fsp3) is 0.667. The Bertz CT molecular complexity index is 415. The molecule has 1 aromatic rings. The van der Waals surface area contributed by atoms with E-state index in [1.165, 1.54) is 19.3 Å². The number of rotatable bonds is 3. The summed E-state index contributed by atoms with van der Waals surface area (Å²) in [5.41, 5.74) is 6.92. The molecule has 1 atom stereocenters. The van der Waals surface area contributed by atoms with Gasteiger partial charge in [-0.1, -0.05) is 0 Å². The van der Waals surface area contributed by atoms with Crippen LogP contribution in [-0.4, -0.2) is 36.1 Å². The number of nitrogens with two attached hydrogens (primary N) is 1. The van der Waals surface area contributed by atoms with Crippen molar-refractivity contribution >= 4 is 11.8 Å². The molecule has 2 fully saturated rings. The van der Waals surface area contributed by atoms with E-state index in [1.54, 1.807) is 0 Å². The molecule has 3 N–H and O–H groups in total. The molecule has 17 heavy (non-hydrogen) atoms. The molecule has 2 heterocycles. The van der Waals surface area contributed by atoms with Gasteiger partial charge >= 0.3 is 0 Å². The van der Waals surface area contributed by atoms with Crippen molar-refractivity contribution in [3.63, 3.8) is 0 Å². The highest BCUT2D eigenvalue weighted by Gasteiger charge is 2.28. The molecule has 5 nitrogen and oxygen atoms in total. The van der Waals surface area contributed by atoms with Crippen LogP contribution in [0.15, 0.2) is 6.07 Å². The van der Waals surface area contributed by atoms with Crippen molar-refractivity contribution in [3.05, 3.63) is 11.8 Å². The van der Waals surface area contributed by atoms with Crippen LogP contribution in [0.1, 0.15) is 30.9 Å². The lowest BCUT2D eigenvalue weighted by molar-refractivity contribution is 0.616. The summed E-state index contributed by atoms with van der Waals surface area (Å²) in [4.78, 5) is 11.0. The zero-order chi connectivity index (χ0) is 11.8. The first kappa shape index (κ1) is 10.8. The van der Waals surface area contributed by atoms with Gasteiger partial charge in [0.15, 0.2) is 0 Å². The first-order valence-corrected chi connectivity index (χ1v) is 6.33. The second kappa shape index (κ2) is 4.14. The van der Waals surface area contributed by atoms with Crippen molar-refractivity contribution < 1.29 is 0 Å². The monoisotopic (exact) mass is 233 g/mol. The number of likely N-dealkylation sites (N-methyl/N-ethyl adjacent to an activating group) is 1. The lowest BCUT2D eigenvalue weighted by Gasteiger charge is -2.18. The first-order valence-electron chi connectivity index (χ1n) is 6.33. The molecule has 0 radical (unpaired) electrons. The van der Waals surface area contributed by atoms with Crippen LogP contribution >= 0.6 is 0 Å². The third-order valence-corrected chi connectivity index (χ3v) is 3.67. The summed E-state index contributed by atoms with van der Waals surface area (Å²) in [6.07, 6.45) is 3.66. The molecular weight excluding hydrogens is 214 g/mol. The topological polar surface area (TPSA) is 67.1 Å². The summed E-state index contributed by atoms with van der Waals surface area (Å²) in [6.45, 7) is 2.06. The van der Waals surface area contributed by atoms with Crippen LogP contribution < -0.4 is 16.0 Å². The van der Waals surface area contributed by atoms with Gasteiger partial charge < -0.3 is 16.0 Å². The minimum Gasteiger partial charge on any atom is -0.368 e. The Kier molecular flexibility index (Phi) is 2.63. The number of hydrogen-bond donors (Lipinski definition) is 2. The highest BCUT2D eigenvalue weighted by Crippen LogP contribution is 2.40. The zero-order valence-electron chi connectivity index (χ0n) is 10.2. The Hall–Kier alpha value is -1.36. The van der Waals surface area contributed by atoms with Crippen molar-refractivity contribution in [3.8, 4) is 0 Å². The molecule has 1 aliphatic carbocycles. The highest BCUT2D eigenvalue weighted by molar-refractivity contribution is 5.46. The summed E-state index contributed by atoms with van der Waals surface area (Å²) in [5, 5.41) is 3.31. The lowest BCUT2D eigenvalue weighted by Crippen LogP contribution is -2.30. The van der Waals surface area contributed by atoms with Crippen LogP contribution in [-0.2, 0) is 0 Å². The molecule has 1 saturated heterocycles. The molecule has 92 valence electrons. The minimum absolute atomic E-state index is 0.414. The molecule has 1 aromatic heterocycles. The lowest BCUT2D eigenvalue weighted by atomic mass is 10.2. The number of nitrogen functional groups attached to an aromatic ring is 1. The van der Waals surface area contributed by atoms with Gasteiger partial charge in [-0.3, -0.25) is 0 Å². The maximum atomic E-state index is 5.80. The van der Waals surface area contributed by atoms with Gasteiger partial charge in [0.25, 0.3) is 0 Å². The number of hydrogen-bond acceptors (Lipinski definition) is 5. The smallest absolute Gasteiger partial charge is 0.222 e. The Labute approximate surface area is 101 Å². The van der Waals surface area contributed by atoms with Gasteiger partial charge in [-0.25, -0.2) is 4.98 Å². The van der Waals surface area contributed by atoms with Gasteiger partial charge in [0.2, 0.25) is 5.95 Å². The van der Waals surface area contributed by atoms with E-state index in [1.807, 2.05) is 7.05 Å². The van der Waals surface area contributed by atoms with E-state index in [0.717, 1.165) is 24.6 Å². The van der Waals surface area contributed by atoms with Crippen LogP contribution in [0.25, 0.3) is 0 Å². The molecule has 0 bridgehead atoms. The number of anilines is 2. The van der Waals surface area contributed by atoms with E-state index < -0.39 is 0 Å². The third kappa shape index (κ3) is 2.20. The highest BCUT2D eigenvalue weighted by atomic mass is 15.2. The molecule has 1 saturated carbocycles. The van der Waals surface area contributed by atoms with E-state index in [-0.39, 0.29) is 0 Å². The predicted octanol–water partition coefficient (Wildman–Crippen LogP) is 0.734. The van der Waals surface area contributed by atoms with Gasteiger partial charge in [-0.05, 0) is 26.3 Å². The van der Waals surface area contributed by atoms with E-state index in [9.17, 15) is 0 Å². The van der Waals surface area contributed by atoms with Gasteiger partial charge in [0, 0.05) is 31.1 Å². The van der Waals surface area contributed by atoms with Crippen LogP contribution in [0.3, 0.4) is 0 Å². The predicted molar refractivity (Wildman–Crippen MR) is 68.1 cm³/mol. The summed E-state index contributed by atoms with van der Waals surface area (Å²) in [6, 6.07) is 2.68. The van der Waals surface area contributed by atoms with Gasteiger partial charge in [0.05, 0.1) is 5.69 Å². The third-order valence-electron chi connectivity index (χ3n) is 3.67. The summed E-state index contributed by atoms with van der Waals surface area (Å²) < 4.78 is 0. The molecular formula is C12H19N5. The van der Waals surface area contributed by atoms with Crippen molar-refractivity contribution in [2.45, 2.75) is 31.2 Å². The maximum absolute atomic E-state index is 5.80. The fourth-order valence-electron chi connectivity index (χ4n) is 2.43. The van der Waals surface area contributed by atoms with Crippen LogP contribution in [0.4, 0.5) is 11.8 Å². The van der Waals surface area contributed by atoms with E-state index in [4.69, 9.17) is 5.73 Å². The molecule has 0 spiro atoms. The average Bonchev–Trinajstić information content (AvgIpc) is 3.06. The average molecular weight is 233 g/mol. The quantitative estimate of drug-likeness (QED) is 0.806.